The Morgan fingerprint density at radius 1 is 1.27 bits per heavy atom. The van der Waals surface area contributed by atoms with Crippen molar-refractivity contribution in [3.63, 3.8) is 0 Å². The molecule has 1 saturated carbocycles. The average Bonchev–Trinajstić information content (AvgIpc) is 2.82. The van der Waals surface area contributed by atoms with Crippen LogP contribution in [0.15, 0.2) is 29.2 Å². The fourth-order valence-electron chi connectivity index (χ4n) is 1.26. The number of benzene rings is 1. The molecule has 0 unspecified atom stereocenters. The van der Waals surface area contributed by atoms with Crippen LogP contribution in [0.1, 0.15) is 19.8 Å². The van der Waals surface area contributed by atoms with Crippen LogP contribution in [-0.2, 0) is 10.0 Å². The molecule has 2 N–H and O–H groups in total. The van der Waals surface area contributed by atoms with Gasteiger partial charge in [-0.05, 0) is 44.0 Å². The number of rotatable bonds is 3. The standard InChI is InChI=1S/C10H13NO3S/c1-10(6-7-10)14-8-2-4-9(5-3-8)15(11,12)13/h2-5H,6-7H2,1H3,(H2,11,12,13). The van der Waals surface area contributed by atoms with Gasteiger partial charge in [-0.15, -0.1) is 0 Å². The third-order valence-corrected chi connectivity index (χ3v) is 3.40. The highest BCUT2D eigenvalue weighted by Gasteiger charge is 2.39. The SMILES string of the molecule is CC1(Oc2ccc(S(N)(=O)=O)cc2)CC1. The Balaban J connectivity index is 2.17. The summed E-state index contributed by atoms with van der Waals surface area (Å²) in [7, 11) is -3.60. The molecular weight excluding hydrogens is 214 g/mol. The van der Waals surface area contributed by atoms with Crippen molar-refractivity contribution in [1.82, 2.24) is 0 Å². The molecule has 0 spiro atoms. The Morgan fingerprint density at radius 2 is 1.80 bits per heavy atom. The number of nitrogens with two attached hydrogens (primary N) is 1. The fraction of sp³-hybridized carbons (Fsp3) is 0.400. The van der Waals surface area contributed by atoms with E-state index >= 15 is 0 Å². The molecule has 4 nitrogen and oxygen atoms in total. The number of ether oxygens (including phenoxy) is 1. The van der Waals surface area contributed by atoms with Crippen molar-refractivity contribution in [2.24, 2.45) is 5.14 Å². The zero-order valence-electron chi connectivity index (χ0n) is 8.43. The minimum atomic E-state index is -3.60. The van der Waals surface area contributed by atoms with E-state index in [2.05, 4.69) is 0 Å². The van der Waals surface area contributed by atoms with Crippen LogP contribution in [0.3, 0.4) is 0 Å². The first-order valence-corrected chi connectivity index (χ1v) is 6.26. The van der Waals surface area contributed by atoms with Crippen LogP contribution in [0.4, 0.5) is 0 Å². The average molecular weight is 227 g/mol. The van der Waals surface area contributed by atoms with Gasteiger partial charge in [-0.3, -0.25) is 0 Å². The maximum atomic E-state index is 11.0. The molecule has 0 saturated heterocycles. The zero-order chi connectivity index (χ0) is 11.1. The molecule has 0 heterocycles. The Bertz CT molecular complexity index is 460. The van der Waals surface area contributed by atoms with Gasteiger partial charge in [0.2, 0.25) is 10.0 Å². The number of hydrogen-bond acceptors (Lipinski definition) is 3. The predicted molar refractivity (Wildman–Crippen MR) is 56.1 cm³/mol. The van der Waals surface area contributed by atoms with Gasteiger partial charge < -0.3 is 4.74 Å². The second-order valence-corrected chi connectivity index (χ2v) is 5.63. The lowest BCUT2D eigenvalue weighted by atomic mass is 10.3. The van der Waals surface area contributed by atoms with Crippen molar-refractivity contribution < 1.29 is 13.2 Å². The minimum Gasteiger partial charge on any atom is -0.488 e. The van der Waals surface area contributed by atoms with Crippen LogP contribution >= 0.6 is 0 Å². The molecule has 0 bridgehead atoms. The lowest BCUT2D eigenvalue weighted by Gasteiger charge is -2.12. The lowest BCUT2D eigenvalue weighted by Crippen LogP contribution is -2.13. The molecule has 0 aliphatic heterocycles. The van der Waals surface area contributed by atoms with Crippen molar-refractivity contribution in [2.45, 2.75) is 30.3 Å². The number of sulfonamides is 1. The Morgan fingerprint density at radius 3 is 2.20 bits per heavy atom. The third-order valence-electron chi connectivity index (χ3n) is 2.47. The summed E-state index contributed by atoms with van der Waals surface area (Å²) in [5.41, 5.74) is -0.0525. The van der Waals surface area contributed by atoms with Crippen molar-refractivity contribution >= 4 is 10.0 Å². The monoisotopic (exact) mass is 227 g/mol. The zero-order valence-corrected chi connectivity index (χ0v) is 9.25. The van der Waals surface area contributed by atoms with Gasteiger partial charge in [0.25, 0.3) is 0 Å². The molecule has 5 heteroatoms. The summed E-state index contributed by atoms with van der Waals surface area (Å²) in [6, 6.07) is 6.17. The highest BCUT2D eigenvalue weighted by Crippen LogP contribution is 2.39. The number of primary sulfonamides is 1. The molecule has 0 aromatic heterocycles. The van der Waals surface area contributed by atoms with Gasteiger partial charge in [0.05, 0.1) is 4.90 Å². The molecule has 2 rings (SSSR count). The van der Waals surface area contributed by atoms with Crippen LogP contribution in [0.2, 0.25) is 0 Å². The van der Waals surface area contributed by atoms with Gasteiger partial charge in [0.15, 0.2) is 0 Å². The van der Waals surface area contributed by atoms with Gasteiger partial charge in [0, 0.05) is 0 Å². The van der Waals surface area contributed by atoms with Crippen molar-refractivity contribution in [2.75, 3.05) is 0 Å². The first-order chi connectivity index (χ1) is 6.89. The second kappa shape index (κ2) is 3.21. The molecule has 1 aliphatic rings. The molecule has 0 radical (unpaired) electrons. The van der Waals surface area contributed by atoms with Crippen LogP contribution < -0.4 is 9.88 Å². The van der Waals surface area contributed by atoms with E-state index in [9.17, 15) is 8.42 Å². The van der Waals surface area contributed by atoms with E-state index in [1.54, 1.807) is 12.1 Å². The van der Waals surface area contributed by atoms with Gasteiger partial charge in [0.1, 0.15) is 11.4 Å². The molecular formula is C10H13NO3S. The number of hydrogen-bond donors (Lipinski definition) is 1. The molecule has 1 fully saturated rings. The minimum absolute atomic E-state index is 0.0525. The van der Waals surface area contributed by atoms with E-state index in [4.69, 9.17) is 9.88 Å². The summed E-state index contributed by atoms with van der Waals surface area (Å²) in [6.45, 7) is 2.03. The quantitative estimate of drug-likeness (QED) is 0.845. The molecule has 82 valence electrons. The molecule has 1 aromatic rings. The predicted octanol–water partition coefficient (Wildman–Crippen LogP) is 1.27. The molecule has 15 heavy (non-hydrogen) atoms. The first kappa shape index (κ1) is 10.4. The normalized spacial score (nSPS) is 18.5. The topological polar surface area (TPSA) is 69.4 Å². The maximum Gasteiger partial charge on any atom is 0.238 e. The molecule has 0 atom stereocenters. The van der Waals surface area contributed by atoms with E-state index in [0.29, 0.717) is 5.75 Å². The fourth-order valence-corrected chi connectivity index (χ4v) is 1.78. The summed E-state index contributed by atoms with van der Waals surface area (Å²) < 4.78 is 27.6. The van der Waals surface area contributed by atoms with E-state index in [1.165, 1.54) is 12.1 Å². The van der Waals surface area contributed by atoms with Gasteiger partial charge in [-0.25, -0.2) is 13.6 Å². The van der Waals surface area contributed by atoms with Crippen molar-refractivity contribution in [3.05, 3.63) is 24.3 Å². The van der Waals surface area contributed by atoms with E-state index < -0.39 is 10.0 Å². The molecule has 0 amide bonds. The Labute approximate surface area is 89.1 Å². The maximum absolute atomic E-state index is 11.0. The third kappa shape index (κ3) is 2.49. The Hall–Kier alpha value is -1.07. The summed E-state index contributed by atoms with van der Waals surface area (Å²) in [6.07, 6.45) is 2.09. The van der Waals surface area contributed by atoms with Crippen molar-refractivity contribution in [1.29, 1.82) is 0 Å². The van der Waals surface area contributed by atoms with Crippen LogP contribution in [-0.4, -0.2) is 14.0 Å². The highest BCUT2D eigenvalue weighted by atomic mass is 32.2. The largest absolute Gasteiger partial charge is 0.488 e. The first-order valence-electron chi connectivity index (χ1n) is 4.71. The smallest absolute Gasteiger partial charge is 0.238 e. The van der Waals surface area contributed by atoms with Crippen LogP contribution in [0.25, 0.3) is 0 Å². The van der Waals surface area contributed by atoms with Crippen LogP contribution in [0, 0.1) is 0 Å². The van der Waals surface area contributed by atoms with Crippen molar-refractivity contribution in [3.8, 4) is 5.75 Å². The van der Waals surface area contributed by atoms with E-state index in [-0.39, 0.29) is 10.5 Å². The summed E-state index contributed by atoms with van der Waals surface area (Å²) in [4.78, 5) is 0.107. The summed E-state index contributed by atoms with van der Waals surface area (Å²) in [5.74, 6) is 0.683. The Kier molecular flexibility index (Phi) is 2.24. The van der Waals surface area contributed by atoms with E-state index in [1.807, 2.05) is 6.92 Å². The highest BCUT2D eigenvalue weighted by molar-refractivity contribution is 7.89. The van der Waals surface area contributed by atoms with Crippen LogP contribution in [0.5, 0.6) is 5.75 Å². The summed E-state index contributed by atoms with van der Waals surface area (Å²) >= 11 is 0. The van der Waals surface area contributed by atoms with Gasteiger partial charge >= 0.3 is 0 Å². The molecule has 1 aliphatic carbocycles. The van der Waals surface area contributed by atoms with E-state index in [0.717, 1.165) is 12.8 Å². The summed E-state index contributed by atoms with van der Waals surface area (Å²) in [5, 5.41) is 4.98. The van der Waals surface area contributed by atoms with Gasteiger partial charge in [-0.1, -0.05) is 0 Å². The lowest BCUT2D eigenvalue weighted by molar-refractivity contribution is 0.200. The van der Waals surface area contributed by atoms with Gasteiger partial charge in [-0.2, -0.15) is 0 Å². The molecule has 1 aromatic carbocycles. The second-order valence-electron chi connectivity index (χ2n) is 4.07.